The van der Waals surface area contributed by atoms with E-state index in [1.807, 2.05) is 0 Å². The second-order valence-electron chi connectivity index (χ2n) is 4.81. The van der Waals surface area contributed by atoms with E-state index in [1.165, 1.54) is 17.1 Å². The second kappa shape index (κ2) is 5.73. The first-order chi connectivity index (χ1) is 9.08. The molecule has 0 spiro atoms. The molecule has 2 amide bonds. The zero-order valence-electron chi connectivity index (χ0n) is 10.8. The van der Waals surface area contributed by atoms with Crippen molar-refractivity contribution >= 4 is 17.7 Å². The van der Waals surface area contributed by atoms with E-state index in [1.54, 1.807) is 0 Å². The van der Waals surface area contributed by atoms with Gasteiger partial charge in [-0.05, 0) is 18.8 Å². The van der Waals surface area contributed by atoms with Gasteiger partial charge in [-0.25, -0.2) is 4.79 Å². The van der Waals surface area contributed by atoms with Crippen LogP contribution >= 0.6 is 0 Å². The maximum absolute atomic E-state index is 11.7. The van der Waals surface area contributed by atoms with E-state index in [4.69, 9.17) is 5.11 Å². The minimum absolute atomic E-state index is 0.218. The predicted octanol–water partition coefficient (Wildman–Crippen LogP) is 1.28. The molecule has 0 aromatic carbocycles. The average Bonchev–Trinajstić information content (AvgIpc) is 2.87. The first kappa shape index (κ1) is 13.4. The molecule has 7 nitrogen and oxygen atoms in total. The van der Waals surface area contributed by atoms with Crippen LogP contribution in [0, 0.1) is 5.92 Å². The van der Waals surface area contributed by atoms with Crippen LogP contribution in [0.4, 0.5) is 10.5 Å². The van der Waals surface area contributed by atoms with Gasteiger partial charge in [0, 0.05) is 12.2 Å². The lowest BCUT2D eigenvalue weighted by Crippen LogP contribution is -2.31. The zero-order valence-corrected chi connectivity index (χ0v) is 10.8. The number of hydrogen-bond donors (Lipinski definition) is 3. The lowest BCUT2D eigenvalue weighted by atomic mass is 10.2. The van der Waals surface area contributed by atoms with Gasteiger partial charge >= 0.3 is 12.0 Å². The van der Waals surface area contributed by atoms with Gasteiger partial charge in [0.2, 0.25) is 0 Å². The first-order valence-corrected chi connectivity index (χ1v) is 6.40. The minimum Gasteiger partial charge on any atom is -0.480 e. The molecule has 0 saturated heterocycles. The molecule has 0 radical (unpaired) electrons. The summed E-state index contributed by atoms with van der Waals surface area (Å²) >= 11 is 0. The summed E-state index contributed by atoms with van der Waals surface area (Å²) in [5.41, 5.74) is 0.492. The summed E-state index contributed by atoms with van der Waals surface area (Å²) in [6, 6.07) is 0.00694. The van der Waals surface area contributed by atoms with Crippen molar-refractivity contribution in [3.8, 4) is 0 Å². The molecule has 2 unspecified atom stereocenters. The molecule has 1 fully saturated rings. The molecule has 1 heterocycles. The third-order valence-corrected chi connectivity index (χ3v) is 3.09. The normalized spacial score (nSPS) is 20.9. The van der Waals surface area contributed by atoms with Crippen molar-refractivity contribution in [3.63, 3.8) is 0 Å². The summed E-state index contributed by atoms with van der Waals surface area (Å²) in [7, 11) is 0. The Balaban J connectivity index is 1.76. The van der Waals surface area contributed by atoms with Gasteiger partial charge < -0.3 is 15.7 Å². The molecule has 2 atom stereocenters. The number of aliphatic carboxylic acids is 1. The van der Waals surface area contributed by atoms with E-state index in [9.17, 15) is 9.59 Å². The van der Waals surface area contributed by atoms with Crippen molar-refractivity contribution in [1.82, 2.24) is 15.1 Å². The fourth-order valence-corrected chi connectivity index (χ4v) is 2.10. The van der Waals surface area contributed by atoms with Crippen molar-refractivity contribution in [1.29, 1.82) is 0 Å². The molecule has 7 heteroatoms. The smallest absolute Gasteiger partial charge is 0.325 e. The van der Waals surface area contributed by atoms with Gasteiger partial charge in [-0.1, -0.05) is 13.3 Å². The van der Waals surface area contributed by atoms with Gasteiger partial charge in [-0.2, -0.15) is 5.10 Å². The summed E-state index contributed by atoms with van der Waals surface area (Å²) in [4.78, 5) is 22.2. The number of carboxylic acid groups (broad SMARTS) is 1. The number of carbonyl (C=O) groups excluding carboxylic acids is 1. The molecule has 104 valence electrons. The summed E-state index contributed by atoms with van der Waals surface area (Å²) in [6.45, 7) is 1.91. The molecule has 3 N–H and O–H groups in total. The third-order valence-electron chi connectivity index (χ3n) is 3.09. The van der Waals surface area contributed by atoms with Crippen LogP contribution in [0.3, 0.4) is 0 Å². The Kier molecular flexibility index (Phi) is 4.03. The highest BCUT2D eigenvalue weighted by atomic mass is 16.4. The fraction of sp³-hybridized carbons (Fsp3) is 0.583. The monoisotopic (exact) mass is 266 g/mol. The predicted molar refractivity (Wildman–Crippen MR) is 68.8 cm³/mol. The van der Waals surface area contributed by atoms with Gasteiger partial charge in [-0.3, -0.25) is 9.48 Å². The van der Waals surface area contributed by atoms with Crippen molar-refractivity contribution in [2.24, 2.45) is 5.92 Å². The van der Waals surface area contributed by atoms with Crippen LogP contribution in [-0.2, 0) is 11.3 Å². The molecular formula is C12H18N4O3. The number of aromatic nitrogens is 2. The second-order valence-corrected chi connectivity index (χ2v) is 4.81. The zero-order chi connectivity index (χ0) is 13.8. The summed E-state index contributed by atoms with van der Waals surface area (Å²) in [6.07, 6.45) is 6.23. The standard InChI is InChI=1S/C12H18N4O3/c1-2-3-8-4-10(8)15-12(19)14-9-5-13-16(6-9)7-11(17)18/h5-6,8,10H,2-4,7H2,1H3,(H,17,18)(H2,14,15,19). The summed E-state index contributed by atoms with van der Waals surface area (Å²) in [5.74, 6) is -0.370. The molecule has 19 heavy (non-hydrogen) atoms. The van der Waals surface area contributed by atoms with E-state index < -0.39 is 5.97 Å². The van der Waals surface area contributed by atoms with Crippen molar-refractivity contribution < 1.29 is 14.7 Å². The molecule has 1 aromatic heterocycles. The summed E-state index contributed by atoms with van der Waals surface area (Å²) in [5, 5.41) is 18.0. The molecular weight excluding hydrogens is 248 g/mol. The highest BCUT2D eigenvalue weighted by Gasteiger charge is 2.37. The average molecular weight is 266 g/mol. The van der Waals surface area contributed by atoms with Gasteiger partial charge in [-0.15, -0.1) is 0 Å². The number of carbonyl (C=O) groups is 2. The highest BCUT2D eigenvalue weighted by Crippen LogP contribution is 2.34. The van der Waals surface area contributed by atoms with E-state index in [0.29, 0.717) is 11.6 Å². The largest absolute Gasteiger partial charge is 0.480 e. The van der Waals surface area contributed by atoms with Crippen molar-refractivity contribution in [2.75, 3.05) is 5.32 Å². The van der Waals surface area contributed by atoms with Crippen LogP contribution in [0.15, 0.2) is 12.4 Å². The molecule has 0 aliphatic heterocycles. The van der Waals surface area contributed by atoms with Crippen LogP contribution in [0.5, 0.6) is 0 Å². The van der Waals surface area contributed by atoms with Crippen LogP contribution < -0.4 is 10.6 Å². The topological polar surface area (TPSA) is 96.3 Å². The first-order valence-electron chi connectivity index (χ1n) is 6.40. The Bertz CT molecular complexity index is 471. The molecule has 1 saturated carbocycles. The van der Waals surface area contributed by atoms with E-state index in [0.717, 1.165) is 19.3 Å². The summed E-state index contributed by atoms with van der Waals surface area (Å²) < 4.78 is 1.26. The fourth-order valence-electron chi connectivity index (χ4n) is 2.10. The Labute approximate surface area is 111 Å². The molecule has 1 aliphatic rings. The Morgan fingerprint density at radius 1 is 1.58 bits per heavy atom. The van der Waals surface area contributed by atoms with Crippen LogP contribution in [0.1, 0.15) is 26.2 Å². The Morgan fingerprint density at radius 2 is 2.37 bits per heavy atom. The van der Waals surface area contributed by atoms with Gasteiger partial charge in [0.25, 0.3) is 0 Å². The van der Waals surface area contributed by atoms with Gasteiger partial charge in [0.05, 0.1) is 11.9 Å². The molecule has 0 bridgehead atoms. The van der Waals surface area contributed by atoms with Gasteiger partial charge in [0.1, 0.15) is 6.54 Å². The van der Waals surface area contributed by atoms with Crippen LogP contribution in [0.2, 0.25) is 0 Å². The molecule has 1 aliphatic carbocycles. The Morgan fingerprint density at radius 3 is 3.05 bits per heavy atom. The number of hydrogen-bond acceptors (Lipinski definition) is 3. The number of carboxylic acids is 1. The quantitative estimate of drug-likeness (QED) is 0.722. The van der Waals surface area contributed by atoms with E-state index in [-0.39, 0.29) is 18.6 Å². The number of anilines is 1. The number of amides is 2. The molecule has 1 aromatic rings. The SMILES string of the molecule is CCCC1CC1NC(=O)Nc1cnn(CC(=O)O)c1. The van der Waals surface area contributed by atoms with Crippen molar-refractivity contribution in [3.05, 3.63) is 12.4 Å². The number of nitrogens with zero attached hydrogens (tertiary/aromatic N) is 2. The van der Waals surface area contributed by atoms with Crippen LogP contribution in [0.25, 0.3) is 0 Å². The third kappa shape index (κ3) is 3.97. The van der Waals surface area contributed by atoms with Crippen molar-refractivity contribution in [2.45, 2.75) is 38.8 Å². The Hall–Kier alpha value is -2.05. The highest BCUT2D eigenvalue weighted by molar-refractivity contribution is 5.89. The van der Waals surface area contributed by atoms with Crippen LogP contribution in [-0.4, -0.2) is 32.9 Å². The maximum Gasteiger partial charge on any atom is 0.325 e. The molecule has 2 rings (SSSR count). The number of rotatable bonds is 6. The van der Waals surface area contributed by atoms with E-state index >= 15 is 0 Å². The lowest BCUT2D eigenvalue weighted by Gasteiger charge is -2.04. The maximum atomic E-state index is 11.7. The minimum atomic E-state index is -0.973. The lowest BCUT2D eigenvalue weighted by molar-refractivity contribution is -0.137. The number of nitrogens with one attached hydrogen (secondary N) is 2. The van der Waals surface area contributed by atoms with Gasteiger partial charge in [0.15, 0.2) is 0 Å². The number of urea groups is 1. The van der Waals surface area contributed by atoms with E-state index in [2.05, 4.69) is 22.7 Å².